The van der Waals surface area contributed by atoms with Gasteiger partial charge in [-0.15, -0.1) is 11.3 Å². The molecule has 114 valence electrons. The van der Waals surface area contributed by atoms with Gasteiger partial charge in [0.15, 0.2) is 0 Å². The molecule has 21 heavy (non-hydrogen) atoms. The number of nitrogens with zero attached hydrogens (tertiary/aromatic N) is 1. The molecule has 0 aliphatic carbocycles. The summed E-state index contributed by atoms with van der Waals surface area (Å²) in [4.78, 5) is 0.985. The van der Waals surface area contributed by atoms with E-state index in [1.165, 1.54) is 15.6 Å². The Labute approximate surface area is 129 Å². The molecule has 2 rings (SSSR count). The summed E-state index contributed by atoms with van der Waals surface area (Å²) in [5.74, 6) is 0. The fourth-order valence-corrected chi connectivity index (χ4v) is 5.13. The van der Waals surface area contributed by atoms with Crippen molar-refractivity contribution in [3.63, 3.8) is 0 Å². The summed E-state index contributed by atoms with van der Waals surface area (Å²) in [5, 5.41) is 9.65. The number of aliphatic hydroxyl groups is 1. The molecular formula is C15H19NO3S2. The van der Waals surface area contributed by atoms with Crippen LogP contribution in [0.3, 0.4) is 0 Å². The molecule has 0 radical (unpaired) electrons. The number of sulfonamides is 1. The lowest BCUT2D eigenvalue weighted by Crippen LogP contribution is -2.36. The van der Waals surface area contributed by atoms with Gasteiger partial charge in [-0.05, 0) is 44.5 Å². The molecule has 0 saturated carbocycles. The monoisotopic (exact) mass is 325 g/mol. The molecule has 1 heterocycles. The average Bonchev–Trinajstić information content (AvgIpc) is 2.77. The van der Waals surface area contributed by atoms with Crippen LogP contribution in [0.4, 0.5) is 5.69 Å². The summed E-state index contributed by atoms with van der Waals surface area (Å²) >= 11 is 1.26. The summed E-state index contributed by atoms with van der Waals surface area (Å²) in [6, 6.07) is 10.5. The number of para-hydroxylation sites is 1. The molecule has 1 unspecified atom stereocenters. The van der Waals surface area contributed by atoms with E-state index in [2.05, 4.69) is 0 Å². The fourth-order valence-electron chi connectivity index (χ4n) is 1.95. The molecule has 1 aromatic carbocycles. The SMILES string of the molecule is Cc1cc(S(=O)(=O)N(CC(C)O)c2ccccc2)sc1C. The first-order valence-corrected chi connectivity index (χ1v) is 8.91. The van der Waals surface area contributed by atoms with Gasteiger partial charge in [0.05, 0.1) is 18.3 Å². The van der Waals surface area contributed by atoms with Crippen LogP contribution in [-0.2, 0) is 10.0 Å². The van der Waals surface area contributed by atoms with E-state index in [0.717, 1.165) is 10.4 Å². The Bertz CT molecular complexity index is 686. The Morgan fingerprint density at radius 1 is 1.24 bits per heavy atom. The molecule has 0 spiro atoms. The van der Waals surface area contributed by atoms with Crippen molar-refractivity contribution in [2.45, 2.75) is 31.1 Å². The van der Waals surface area contributed by atoms with Crippen molar-refractivity contribution in [3.05, 3.63) is 46.8 Å². The van der Waals surface area contributed by atoms with E-state index in [-0.39, 0.29) is 6.54 Å². The maximum atomic E-state index is 12.9. The van der Waals surface area contributed by atoms with E-state index < -0.39 is 16.1 Å². The molecule has 0 saturated heterocycles. The summed E-state index contributed by atoms with van der Waals surface area (Å²) in [6.07, 6.45) is -0.748. The van der Waals surface area contributed by atoms with Gasteiger partial charge in [-0.25, -0.2) is 8.42 Å². The molecular weight excluding hydrogens is 306 g/mol. The molecule has 2 aromatic rings. The summed E-state index contributed by atoms with van der Waals surface area (Å²) in [6.45, 7) is 5.41. The number of hydrogen-bond donors (Lipinski definition) is 1. The minimum Gasteiger partial charge on any atom is -0.392 e. The normalized spacial score (nSPS) is 13.1. The van der Waals surface area contributed by atoms with Crippen LogP contribution < -0.4 is 4.31 Å². The molecule has 4 nitrogen and oxygen atoms in total. The smallest absolute Gasteiger partial charge is 0.273 e. The maximum Gasteiger partial charge on any atom is 0.273 e. The van der Waals surface area contributed by atoms with Crippen molar-refractivity contribution >= 4 is 27.0 Å². The lowest BCUT2D eigenvalue weighted by molar-refractivity contribution is 0.204. The first-order chi connectivity index (χ1) is 9.82. The number of aliphatic hydroxyl groups excluding tert-OH is 1. The predicted molar refractivity (Wildman–Crippen MR) is 86.4 cm³/mol. The molecule has 1 atom stereocenters. The van der Waals surface area contributed by atoms with Crippen molar-refractivity contribution in [1.82, 2.24) is 0 Å². The van der Waals surface area contributed by atoms with Crippen LogP contribution in [0.25, 0.3) is 0 Å². The maximum absolute atomic E-state index is 12.9. The molecule has 0 bridgehead atoms. The van der Waals surface area contributed by atoms with E-state index >= 15 is 0 Å². The first-order valence-electron chi connectivity index (χ1n) is 6.65. The zero-order valence-corrected chi connectivity index (χ0v) is 13.9. The van der Waals surface area contributed by atoms with Crippen LogP contribution in [0.1, 0.15) is 17.4 Å². The van der Waals surface area contributed by atoms with Crippen molar-refractivity contribution in [2.24, 2.45) is 0 Å². The van der Waals surface area contributed by atoms with Gasteiger partial charge in [-0.3, -0.25) is 4.31 Å². The molecule has 0 aliphatic heterocycles. The molecule has 0 aliphatic rings. The first kappa shape index (κ1) is 16.0. The van der Waals surface area contributed by atoms with E-state index in [4.69, 9.17) is 0 Å². The van der Waals surface area contributed by atoms with Gasteiger partial charge >= 0.3 is 0 Å². The van der Waals surface area contributed by atoms with E-state index in [9.17, 15) is 13.5 Å². The molecule has 1 aromatic heterocycles. The van der Waals surface area contributed by atoms with Crippen LogP contribution in [0.15, 0.2) is 40.6 Å². The van der Waals surface area contributed by atoms with Crippen molar-refractivity contribution in [1.29, 1.82) is 0 Å². The third-order valence-electron chi connectivity index (χ3n) is 3.16. The number of anilines is 1. The van der Waals surface area contributed by atoms with Crippen LogP contribution in [-0.4, -0.2) is 26.2 Å². The Hall–Kier alpha value is -1.37. The lowest BCUT2D eigenvalue weighted by Gasteiger charge is -2.25. The Morgan fingerprint density at radius 2 is 1.86 bits per heavy atom. The van der Waals surface area contributed by atoms with Gasteiger partial charge in [0.25, 0.3) is 10.0 Å². The Kier molecular flexibility index (Phi) is 4.70. The highest BCUT2D eigenvalue weighted by atomic mass is 32.2. The van der Waals surface area contributed by atoms with E-state index in [0.29, 0.717) is 9.90 Å². The van der Waals surface area contributed by atoms with E-state index in [1.807, 2.05) is 19.9 Å². The minimum absolute atomic E-state index is 0.0301. The topological polar surface area (TPSA) is 57.6 Å². The largest absolute Gasteiger partial charge is 0.392 e. The van der Waals surface area contributed by atoms with Gasteiger partial charge in [-0.2, -0.15) is 0 Å². The van der Waals surface area contributed by atoms with Gasteiger partial charge in [-0.1, -0.05) is 18.2 Å². The van der Waals surface area contributed by atoms with Crippen LogP contribution in [0.5, 0.6) is 0 Å². The second-order valence-corrected chi connectivity index (χ2v) is 8.37. The summed E-state index contributed by atoms with van der Waals surface area (Å²) < 4.78 is 27.3. The number of hydrogen-bond acceptors (Lipinski definition) is 4. The number of benzene rings is 1. The molecule has 6 heteroatoms. The van der Waals surface area contributed by atoms with Crippen LogP contribution in [0, 0.1) is 13.8 Å². The van der Waals surface area contributed by atoms with Crippen molar-refractivity contribution < 1.29 is 13.5 Å². The average molecular weight is 325 g/mol. The summed E-state index contributed by atoms with van der Waals surface area (Å²) in [5.41, 5.74) is 1.52. The highest BCUT2D eigenvalue weighted by Gasteiger charge is 2.28. The minimum atomic E-state index is -3.66. The zero-order valence-electron chi connectivity index (χ0n) is 12.3. The number of thiophene rings is 1. The second kappa shape index (κ2) is 6.17. The Balaban J connectivity index is 2.49. The van der Waals surface area contributed by atoms with Gasteiger partial charge < -0.3 is 5.11 Å². The highest BCUT2D eigenvalue weighted by Crippen LogP contribution is 2.30. The van der Waals surface area contributed by atoms with E-state index in [1.54, 1.807) is 37.3 Å². The quantitative estimate of drug-likeness (QED) is 0.919. The number of rotatable bonds is 5. The molecule has 0 fully saturated rings. The van der Waals surface area contributed by atoms with Gasteiger partial charge in [0, 0.05) is 4.88 Å². The third kappa shape index (κ3) is 3.45. The second-order valence-electron chi connectivity index (χ2n) is 5.03. The van der Waals surface area contributed by atoms with Crippen LogP contribution in [0.2, 0.25) is 0 Å². The Morgan fingerprint density at radius 3 is 2.33 bits per heavy atom. The fraction of sp³-hybridized carbons (Fsp3) is 0.333. The molecule has 0 amide bonds. The zero-order chi connectivity index (χ0) is 15.6. The van der Waals surface area contributed by atoms with Crippen molar-refractivity contribution in [3.8, 4) is 0 Å². The molecule has 1 N–H and O–H groups in total. The van der Waals surface area contributed by atoms with Gasteiger partial charge in [0.1, 0.15) is 4.21 Å². The highest BCUT2D eigenvalue weighted by molar-refractivity contribution is 7.94. The third-order valence-corrected chi connectivity index (χ3v) is 6.56. The number of aryl methyl sites for hydroxylation is 2. The standard InChI is InChI=1S/C15H19NO3S2/c1-11-9-15(20-13(11)3)21(18,19)16(10-12(2)17)14-7-5-4-6-8-14/h4-9,12,17H,10H2,1-3H3. The van der Waals surface area contributed by atoms with Crippen molar-refractivity contribution in [2.75, 3.05) is 10.8 Å². The van der Waals surface area contributed by atoms with Crippen LogP contribution >= 0.6 is 11.3 Å². The van der Waals surface area contributed by atoms with Gasteiger partial charge in [0.2, 0.25) is 0 Å². The summed E-state index contributed by atoms with van der Waals surface area (Å²) in [7, 11) is -3.66. The predicted octanol–water partition coefficient (Wildman–Crippen LogP) is 2.94. The lowest BCUT2D eigenvalue weighted by atomic mass is 10.3.